The normalized spacial score (nSPS) is 13.0. The quantitative estimate of drug-likeness (QED) is 0.783. The van der Waals surface area contributed by atoms with Crippen molar-refractivity contribution in [3.8, 4) is 0 Å². The van der Waals surface area contributed by atoms with Crippen molar-refractivity contribution < 1.29 is 13.2 Å². The summed E-state index contributed by atoms with van der Waals surface area (Å²) < 4.78 is 27.5. The second kappa shape index (κ2) is 8.22. The largest absolute Gasteiger partial charge is 0.348 e. The molecule has 1 heterocycles. The van der Waals surface area contributed by atoms with Crippen LogP contribution >= 0.6 is 0 Å². The van der Waals surface area contributed by atoms with Crippen molar-refractivity contribution in [1.29, 1.82) is 0 Å². The summed E-state index contributed by atoms with van der Waals surface area (Å²) in [6, 6.07) is 7.98. The molecule has 1 amide bonds. The smallest absolute Gasteiger partial charge is 0.246 e. The van der Waals surface area contributed by atoms with Crippen molar-refractivity contribution in [2.45, 2.75) is 51.6 Å². The van der Waals surface area contributed by atoms with Crippen LogP contribution in [0.15, 0.2) is 29.2 Å². The van der Waals surface area contributed by atoms with Crippen LogP contribution in [0, 0.1) is 13.8 Å². The maximum Gasteiger partial charge on any atom is 0.246 e. The summed E-state index contributed by atoms with van der Waals surface area (Å²) in [6.45, 7) is 7.28. The van der Waals surface area contributed by atoms with Crippen LogP contribution < -0.4 is 5.32 Å². The van der Waals surface area contributed by atoms with Crippen molar-refractivity contribution in [2.24, 2.45) is 0 Å². The Kier molecular flexibility index (Phi) is 6.43. The molecule has 0 saturated carbocycles. The average Bonchev–Trinajstić information content (AvgIpc) is 2.88. The molecule has 0 spiro atoms. The average molecular weight is 393 g/mol. The number of amides is 1. The molecule has 0 aliphatic rings. The third kappa shape index (κ3) is 4.56. The molecule has 0 radical (unpaired) electrons. The fraction of sp³-hybridized carbons (Fsp3) is 0.474. The van der Waals surface area contributed by atoms with E-state index in [9.17, 15) is 13.2 Å². The zero-order valence-corrected chi connectivity index (χ0v) is 17.6. The topological polar surface area (TPSA) is 84.3 Å². The van der Waals surface area contributed by atoms with Gasteiger partial charge in [0.1, 0.15) is 11.4 Å². The Morgan fingerprint density at radius 3 is 2.33 bits per heavy atom. The molecule has 0 aliphatic carbocycles. The van der Waals surface area contributed by atoms with Gasteiger partial charge in [-0.05, 0) is 38.3 Å². The number of nitrogens with zero attached hydrogens (tertiary/aromatic N) is 3. The van der Waals surface area contributed by atoms with Gasteiger partial charge in [-0.2, -0.15) is 5.10 Å². The monoisotopic (exact) mass is 392 g/mol. The Hall–Kier alpha value is -2.19. The van der Waals surface area contributed by atoms with E-state index in [2.05, 4.69) is 29.5 Å². The number of aromatic nitrogens is 2. The predicted molar refractivity (Wildman–Crippen MR) is 105 cm³/mol. The van der Waals surface area contributed by atoms with Crippen LogP contribution in [-0.2, 0) is 27.8 Å². The van der Waals surface area contributed by atoms with Crippen molar-refractivity contribution in [3.05, 3.63) is 46.8 Å². The van der Waals surface area contributed by atoms with E-state index in [0.717, 1.165) is 16.3 Å². The number of aryl methyl sites for hydroxylation is 2. The number of carbonyl (C=O) groups excluding carboxylic acids is 1. The molecule has 0 unspecified atom stereocenters. The minimum absolute atomic E-state index is 0.0347. The molecular formula is C19H28N4O3S. The Labute approximate surface area is 161 Å². The zero-order valence-electron chi connectivity index (χ0n) is 16.8. The van der Waals surface area contributed by atoms with Gasteiger partial charge in [0.25, 0.3) is 0 Å². The first-order valence-corrected chi connectivity index (χ1v) is 10.4. The van der Waals surface area contributed by atoms with Gasteiger partial charge in [0.05, 0.1) is 17.4 Å². The molecule has 0 fully saturated rings. The Bertz CT molecular complexity index is 915. The number of carbonyl (C=O) groups is 1. The third-order valence-corrected chi connectivity index (χ3v) is 6.68. The SMILES string of the molecule is CCc1ccc([C@H](C)NC(=O)Cn2nc(C)c(S(=O)(=O)N(C)C)c2C)cc1. The summed E-state index contributed by atoms with van der Waals surface area (Å²) in [5.74, 6) is -0.221. The van der Waals surface area contributed by atoms with Crippen LogP contribution in [0.1, 0.15) is 42.4 Å². The lowest BCUT2D eigenvalue weighted by Crippen LogP contribution is -2.31. The van der Waals surface area contributed by atoms with Crippen molar-refractivity contribution in [2.75, 3.05) is 14.1 Å². The van der Waals surface area contributed by atoms with Crippen LogP contribution in [0.2, 0.25) is 0 Å². The van der Waals surface area contributed by atoms with Gasteiger partial charge in [0.15, 0.2) is 0 Å². The molecular weight excluding hydrogens is 364 g/mol. The lowest BCUT2D eigenvalue weighted by Gasteiger charge is -2.15. The van der Waals surface area contributed by atoms with Gasteiger partial charge in [0.2, 0.25) is 15.9 Å². The summed E-state index contributed by atoms with van der Waals surface area (Å²) in [5, 5.41) is 7.19. The number of hydrogen-bond donors (Lipinski definition) is 1. The molecule has 8 heteroatoms. The van der Waals surface area contributed by atoms with Crippen molar-refractivity contribution in [3.63, 3.8) is 0 Å². The van der Waals surface area contributed by atoms with E-state index in [1.807, 2.05) is 19.1 Å². The molecule has 1 atom stereocenters. The second-order valence-electron chi connectivity index (χ2n) is 6.83. The fourth-order valence-corrected chi connectivity index (χ4v) is 4.20. The van der Waals surface area contributed by atoms with Gasteiger partial charge < -0.3 is 5.32 Å². The maximum atomic E-state index is 12.5. The van der Waals surface area contributed by atoms with E-state index >= 15 is 0 Å². The van der Waals surface area contributed by atoms with Crippen LogP contribution in [0.5, 0.6) is 0 Å². The minimum atomic E-state index is -3.61. The number of benzene rings is 1. The highest BCUT2D eigenvalue weighted by Crippen LogP contribution is 2.22. The molecule has 0 aliphatic heterocycles. The second-order valence-corrected chi connectivity index (χ2v) is 8.92. The Balaban J connectivity index is 2.14. The van der Waals surface area contributed by atoms with Crippen LogP contribution in [0.3, 0.4) is 0 Å². The molecule has 1 aromatic carbocycles. The Morgan fingerprint density at radius 2 is 1.81 bits per heavy atom. The number of hydrogen-bond acceptors (Lipinski definition) is 4. The summed E-state index contributed by atoms with van der Waals surface area (Å²) >= 11 is 0. The Morgan fingerprint density at radius 1 is 1.22 bits per heavy atom. The molecule has 1 aromatic heterocycles. The van der Waals surface area contributed by atoms with Crippen LogP contribution in [0.4, 0.5) is 0 Å². The summed E-state index contributed by atoms with van der Waals surface area (Å²) in [5.41, 5.74) is 3.10. The highest BCUT2D eigenvalue weighted by Gasteiger charge is 2.27. The molecule has 27 heavy (non-hydrogen) atoms. The van der Waals surface area contributed by atoms with E-state index in [0.29, 0.717) is 11.4 Å². The lowest BCUT2D eigenvalue weighted by molar-refractivity contribution is -0.122. The van der Waals surface area contributed by atoms with Gasteiger partial charge in [0, 0.05) is 14.1 Å². The highest BCUT2D eigenvalue weighted by atomic mass is 32.2. The minimum Gasteiger partial charge on any atom is -0.348 e. The summed E-state index contributed by atoms with van der Waals surface area (Å²) in [4.78, 5) is 12.6. The van der Waals surface area contributed by atoms with Gasteiger partial charge >= 0.3 is 0 Å². The number of rotatable bonds is 7. The van der Waals surface area contributed by atoms with Gasteiger partial charge in [-0.3, -0.25) is 9.48 Å². The van der Waals surface area contributed by atoms with E-state index in [4.69, 9.17) is 0 Å². The number of sulfonamides is 1. The van der Waals surface area contributed by atoms with E-state index in [1.165, 1.54) is 24.3 Å². The summed E-state index contributed by atoms with van der Waals surface area (Å²) in [7, 11) is -0.656. The first kappa shape index (κ1) is 21.1. The predicted octanol–water partition coefficient (Wildman–Crippen LogP) is 2.19. The highest BCUT2D eigenvalue weighted by molar-refractivity contribution is 7.89. The van der Waals surface area contributed by atoms with E-state index < -0.39 is 10.0 Å². The van der Waals surface area contributed by atoms with Crippen molar-refractivity contribution in [1.82, 2.24) is 19.4 Å². The molecule has 0 saturated heterocycles. The van der Waals surface area contributed by atoms with Crippen molar-refractivity contribution >= 4 is 15.9 Å². The molecule has 7 nitrogen and oxygen atoms in total. The first-order valence-electron chi connectivity index (χ1n) is 8.92. The van der Waals surface area contributed by atoms with Gasteiger partial charge in [-0.25, -0.2) is 12.7 Å². The lowest BCUT2D eigenvalue weighted by atomic mass is 10.1. The van der Waals surface area contributed by atoms with Gasteiger partial charge in [-0.15, -0.1) is 0 Å². The number of nitrogens with one attached hydrogen (secondary N) is 1. The zero-order chi connectivity index (χ0) is 20.4. The van der Waals surface area contributed by atoms with Gasteiger partial charge in [-0.1, -0.05) is 31.2 Å². The third-order valence-electron chi connectivity index (χ3n) is 4.61. The summed E-state index contributed by atoms with van der Waals surface area (Å²) in [6.07, 6.45) is 0.969. The molecule has 1 N–H and O–H groups in total. The standard InChI is InChI=1S/C19H28N4O3S/c1-7-16-8-10-17(11-9-16)13(2)20-18(24)12-23-15(4)19(14(3)21-23)27(25,26)22(5)6/h8-11,13H,7,12H2,1-6H3,(H,20,24)/t13-/m0/s1. The molecule has 2 aromatic rings. The first-order chi connectivity index (χ1) is 12.6. The van der Waals surface area contributed by atoms with Crippen LogP contribution in [0.25, 0.3) is 0 Å². The molecule has 2 rings (SSSR count). The maximum absolute atomic E-state index is 12.5. The molecule has 0 bridgehead atoms. The van der Waals surface area contributed by atoms with E-state index in [-0.39, 0.29) is 23.4 Å². The van der Waals surface area contributed by atoms with E-state index in [1.54, 1.807) is 13.8 Å². The van der Waals surface area contributed by atoms with Crippen LogP contribution in [-0.4, -0.2) is 42.5 Å². The fourth-order valence-electron chi connectivity index (χ4n) is 2.94. The molecule has 148 valence electrons.